The highest BCUT2D eigenvalue weighted by Gasteiger charge is 2.03. The van der Waals surface area contributed by atoms with Gasteiger partial charge in [-0.1, -0.05) is 36.4 Å². The van der Waals surface area contributed by atoms with Gasteiger partial charge in [0, 0.05) is 11.8 Å². The van der Waals surface area contributed by atoms with E-state index in [1.807, 2.05) is 30.3 Å². The molecule has 0 radical (unpaired) electrons. The Morgan fingerprint density at radius 1 is 1.14 bits per heavy atom. The summed E-state index contributed by atoms with van der Waals surface area (Å²) in [5, 5.41) is 2.89. The molecule has 3 nitrogen and oxygen atoms in total. The van der Waals surface area contributed by atoms with E-state index >= 15 is 0 Å². The van der Waals surface area contributed by atoms with Gasteiger partial charge >= 0.3 is 0 Å². The molecule has 0 aliphatic heterocycles. The van der Waals surface area contributed by atoms with E-state index in [1.54, 1.807) is 18.9 Å². The summed E-state index contributed by atoms with van der Waals surface area (Å²) < 4.78 is 5.14. The number of rotatable bonds is 8. The summed E-state index contributed by atoms with van der Waals surface area (Å²) in [6, 6.07) is 17.8. The largest absolute Gasteiger partial charge is 0.497 e. The van der Waals surface area contributed by atoms with Gasteiger partial charge in [-0.25, -0.2) is 0 Å². The molecule has 0 aliphatic carbocycles. The van der Waals surface area contributed by atoms with Crippen molar-refractivity contribution < 1.29 is 9.53 Å². The normalized spacial score (nSPS) is 10.2. The van der Waals surface area contributed by atoms with Crippen LogP contribution >= 0.6 is 11.8 Å². The second kappa shape index (κ2) is 9.15. The van der Waals surface area contributed by atoms with E-state index in [9.17, 15) is 4.79 Å². The molecule has 0 aromatic heterocycles. The monoisotopic (exact) mass is 315 g/mol. The lowest BCUT2D eigenvalue weighted by molar-refractivity contribution is -0.113. The maximum Gasteiger partial charge on any atom is 0.234 e. The van der Waals surface area contributed by atoms with Crippen LogP contribution in [0.1, 0.15) is 12.0 Å². The zero-order valence-corrected chi connectivity index (χ0v) is 13.6. The van der Waals surface area contributed by atoms with Crippen LogP contribution in [0.2, 0.25) is 0 Å². The summed E-state index contributed by atoms with van der Waals surface area (Å²) in [6.07, 6.45) is 2.15. The van der Waals surface area contributed by atoms with E-state index in [1.165, 1.54) is 5.56 Å². The summed E-state index contributed by atoms with van der Waals surface area (Å²) in [7, 11) is 1.61. The number of amides is 1. The van der Waals surface area contributed by atoms with Crippen LogP contribution in [0.3, 0.4) is 0 Å². The fourth-order valence-electron chi connectivity index (χ4n) is 2.09. The zero-order chi connectivity index (χ0) is 15.6. The van der Waals surface area contributed by atoms with E-state index in [-0.39, 0.29) is 5.91 Å². The molecule has 2 aromatic carbocycles. The van der Waals surface area contributed by atoms with Gasteiger partial charge in [0.25, 0.3) is 0 Å². The minimum Gasteiger partial charge on any atom is -0.497 e. The third-order valence-electron chi connectivity index (χ3n) is 3.18. The van der Waals surface area contributed by atoms with Gasteiger partial charge in [0.15, 0.2) is 0 Å². The molecule has 116 valence electrons. The van der Waals surface area contributed by atoms with Gasteiger partial charge in [0.1, 0.15) is 5.75 Å². The van der Waals surface area contributed by atoms with Crippen molar-refractivity contribution >= 4 is 23.4 Å². The van der Waals surface area contributed by atoms with Crippen molar-refractivity contribution in [3.63, 3.8) is 0 Å². The van der Waals surface area contributed by atoms with Gasteiger partial charge in [0.2, 0.25) is 5.91 Å². The Kier molecular flexibility index (Phi) is 6.84. The first-order valence-corrected chi connectivity index (χ1v) is 8.49. The van der Waals surface area contributed by atoms with Crippen molar-refractivity contribution in [1.82, 2.24) is 0 Å². The smallest absolute Gasteiger partial charge is 0.234 e. The summed E-state index contributed by atoms with van der Waals surface area (Å²) in [5.74, 6) is 2.23. The number of hydrogen-bond acceptors (Lipinski definition) is 3. The van der Waals surface area contributed by atoms with E-state index < -0.39 is 0 Å². The minimum atomic E-state index is 0.0259. The number of nitrogens with one attached hydrogen (secondary N) is 1. The second-order valence-corrected chi connectivity index (χ2v) is 6.03. The maximum absolute atomic E-state index is 11.9. The molecule has 0 unspecified atom stereocenters. The molecule has 0 aliphatic rings. The second-order valence-electron chi connectivity index (χ2n) is 4.92. The van der Waals surface area contributed by atoms with Crippen LogP contribution in [0.4, 0.5) is 5.69 Å². The Hall–Kier alpha value is -1.94. The molecule has 4 heteroatoms. The van der Waals surface area contributed by atoms with Crippen molar-refractivity contribution in [2.24, 2.45) is 0 Å². The minimum absolute atomic E-state index is 0.0259. The number of benzene rings is 2. The van der Waals surface area contributed by atoms with Crippen molar-refractivity contribution in [2.45, 2.75) is 12.8 Å². The molecule has 0 heterocycles. The number of methoxy groups -OCH3 is 1. The molecule has 0 atom stereocenters. The summed E-state index contributed by atoms with van der Waals surface area (Å²) in [6.45, 7) is 0. The van der Waals surface area contributed by atoms with E-state index in [0.29, 0.717) is 5.75 Å². The van der Waals surface area contributed by atoms with Crippen LogP contribution in [0.25, 0.3) is 0 Å². The topological polar surface area (TPSA) is 38.3 Å². The first-order valence-electron chi connectivity index (χ1n) is 7.33. The Labute approximate surface area is 136 Å². The zero-order valence-electron chi connectivity index (χ0n) is 12.7. The Bertz CT molecular complexity index is 587. The number of carbonyl (C=O) groups excluding carboxylic acids is 1. The molecule has 0 bridgehead atoms. The van der Waals surface area contributed by atoms with Crippen LogP contribution < -0.4 is 10.1 Å². The van der Waals surface area contributed by atoms with E-state index in [0.717, 1.165) is 30.0 Å². The maximum atomic E-state index is 11.9. The number of anilines is 1. The summed E-state index contributed by atoms with van der Waals surface area (Å²) >= 11 is 1.67. The molecule has 0 spiro atoms. The van der Waals surface area contributed by atoms with Crippen molar-refractivity contribution in [1.29, 1.82) is 0 Å². The van der Waals surface area contributed by atoms with Gasteiger partial charge in [0.05, 0.1) is 12.9 Å². The third-order valence-corrected chi connectivity index (χ3v) is 4.23. The predicted molar refractivity (Wildman–Crippen MR) is 93.7 cm³/mol. The summed E-state index contributed by atoms with van der Waals surface area (Å²) in [4.78, 5) is 11.9. The van der Waals surface area contributed by atoms with Crippen LogP contribution in [0, 0.1) is 0 Å². The number of ether oxygens (including phenoxy) is 1. The molecule has 0 fully saturated rings. The number of aryl methyl sites for hydroxylation is 1. The van der Waals surface area contributed by atoms with Crippen LogP contribution in [0.5, 0.6) is 5.75 Å². The molecule has 1 N–H and O–H groups in total. The van der Waals surface area contributed by atoms with Gasteiger partial charge in [-0.3, -0.25) is 4.79 Å². The molecule has 2 aromatic rings. The van der Waals surface area contributed by atoms with Crippen LogP contribution in [-0.4, -0.2) is 24.5 Å². The first-order chi connectivity index (χ1) is 10.8. The van der Waals surface area contributed by atoms with E-state index in [4.69, 9.17) is 4.74 Å². The highest BCUT2D eigenvalue weighted by Crippen LogP contribution is 2.17. The number of carbonyl (C=O) groups is 1. The van der Waals surface area contributed by atoms with Crippen LogP contribution in [0.15, 0.2) is 54.6 Å². The highest BCUT2D eigenvalue weighted by atomic mass is 32.2. The molecule has 0 saturated heterocycles. The van der Waals surface area contributed by atoms with Crippen LogP contribution in [-0.2, 0) is 11.2 Å². The van der Waals surface area contributed by atoms with E-state index in [2.05, 4.69) is 29.6 Å². The van der Waals surface area contributed by atoms with Gasteiger partial charge in [-0.15, -0.1) is 0 Å². The molecule has 1 amide bonds. The van der Waals surface area contributed by atoms with Gasteiger partial charge in [-0.2, -0.15) is 11.8 Å². The van der Waals surface area contributed by atoms with Crippen molar-refractivity contribution in [3.05, 3.63) is 60.2 Å². The fourth-order valence-corrected chi connectivity index (χ4v) is 2.84. The molecular weight excluding hydrogens is 294 g/mol. The Morgan fingerprint density at radius 2 is 1.95 bits per heavy atom. The quantitative estimate of drug-likeness (QED) is 0.748. The lowest BCUT2D eigenvalue weighted by atomic mass is 10.1. The SMILES string of the molecule is COc1cccc(NC(=O)CSCCCc2ccccc2)c1. The summed E-state index contributed by atoms with van der Waals surface area (Å²) in [5.41, 5.74) is 2.12. The Morgan fingerprint density at radius 3 is 2.73 bits per heavy atom. The molecule has 22 heavy (non-hydrogen) atoms. The molecule has 0 saturated carbocycles. The number of hydrogen-bond donors (Lipinski definition) is 1. The fraction of sp³-hybridized carbons (Fsp3) is 0.278. The van der Waals surface area contributed by atoms with Crippen molar-refractivity contribution in [3.8, 4) is 5.75 Å². The standard InChI is InChI=1S/C18H21NO2S/c1-21-17-11-5-10-16(13-17)19-18(20)14-22-12-6-9-15-7-3-2-4-8-15/h2-5,7-8,10-11,13H,6,9,12,14H2,1H3,(H,19,20). The lowest BCUT2D eigenvalue weighted by Gasteiger charge is -2.07. The third kappa shape index (κ3) is 5.82. The van der Waals surface area contributed by atoms with Gasteiger partial charge in [-0.05, 0) is 36.3 Å². The molecule has 2 rings (SSSR count). The molecular formula is C18H21NO2S. The number of thioether (sulfide) groups is 1. The first kappa shape index (κ1) is 16.4. The highest BCUT2D eigenvalue weighted by molar-refractivity contribution is 7.99. The predicted octanol–water partition coefficient (Wildman–Crippen LogP) is 4.00. The average molecular weight is 315 g/mol. The Balaban J connectivity index is 1.63. The van der Waals surface area contributed by atoms with Gasteiger partial charge < -0.3 is 10.1 Å². The van der Waals surface area contributed by atoms with Crippen molar-refractivity contribution in [2.75, 3.05) is 23.9 Å². The average Bonchev–Trinajstić information content (AvgIpc) is 2.55. The lowest BCUT2D eigenvalue weighted by Crippen LogP contribution is -2.14.